The first kappa shape index (κ1) is 18.2. The van der Waals surface area contributed by atoms with E-state index in [1.807, 2.05) is 0 Å². The van der Waals surface area contributed by atoms with Crippen LogP contribution in [0.1, 0.15) is 44.9 Å². The van der Waals surface area contributed by atoms with Gasteiger partial charge < -0.3 is 20.4 Å². The van der Waals surface area contributed by atoms with Gasteiger partial charge in [0.05, 0.1) is 0 Å². The molecule has 1 aliphatic carbocycles. The summed E-state index contributed by atoms with van der Waals surface area (Å²) < 4.78 is 0. The molecule has 4 rings (SSSR count). The minimum Gasteiger partial charge on any atom is -0.319 e. The van der Waals surface area contributed by atoms with Gasteiger partial charge in [-0.05, 0) is 95.8 Å². The van der Waals surface area contributed by atoms with Crippen LogP contribution in [0.2, 0.25) is 0 Å². The van der Waals surface area contributed by atoms with Crippen LogP contribution in [0.3, 0.4) is 0 Å². The van der Waals surface area contributed by atoms with Crippen molar-refractivity contribution in [2.24, 2.45) is 23.7 Å². The molecule has 4 heteroatoms. The Hall–Kier alpha value is -0.160. The van der Waals surface area contributed by atoms with Gasteiger partial charge in [0.25, 0.3) is 0 Å². The normalized spacial score (nSPS) is 42.0. The Balaban J connectivity index is 1.12. The molecule has 1 saturated carbocycles. The summed E-state index contributed by atoms with van der Waals surface area (Å²) in [5, 5.41) is 7.19. The lowest BCUT2D eigenvalue weighted by atomic mass is 9.76. The molecular weight excluding hydrogens is 308 g/mol. The highest BCUT2D eigenvalue weighted by Gasteiger charge is 2.38. The molecule has 0 aromatic carbocycles. The van der Waals surface area contributed by atoms with Crippen LogP contribution in [0.15, 0.2) is 0 Å². The summed E-state index contributed by atoms with van der Waals surface area (Å²) in [5.41, 5.74) is 0. The summed E-state index contributed by atoms with van der Waals surface area (Å²) in [5.74, 6) is 3.84. The van der Waals surface area contributed by atoms with Gasteiger partial charge in [-0.2, -0.15) is 0 Å². The molecule has 2 N–H and O–H groups in total. The van der Waals surface area contributed by atoms with Gasteiger partial charge >= 0.3 is 0 Å². The molecule has 3 heterocycles. The Bertz CT molecular complexity index is 414. The lowest BCUT2D eigenvalue weighted by Gasteiger charge is -2.36. The van der Waals surface area contributed by atoms with Crippen molar-refractivity contribution in [3.05, 3.63) is 0 Å². The number of piperidine rings is 1. The molecule has 4 fully saturated rings. The number of nitrogens with one attached hydrogen (secondary N) is 2. The van der Waals surface area contributed by atoms with Gasteiger partial charge in [0, 0.05) is 38.3 Å². The average Bonchev–Trinajstić information content (AvgIpc) is 3.08. The summed E-state index contributed by atoms with van der Waals surface area (Å²) in [7, 11) is 4.45. The van der Waals surface area contributed by atoms with E-state index in [1.165, 1.54) is 84.2 Å². The molecule has 3 saturated heterocycles. The molecule has 5 unspecified atom stereocenters. The van der Waals surface area contributed by atoms with Crippen molar-refractivity contribution in [2.45, 2.75) is 57.0 Å². The van der Waals surface area contributed by atoms with E-state index in [0.717, 1.165) is 35.8 Å². The van der Waals surface area contributed by atoms with Crippen LogP contribution in [0, 0.1) is 23.7 Å². The average molecular weight is 349 g/mol. The van der Waals surface area contributed by atoms with Gasteiger partial charge in [0.15, 0.2) is 0 Å². The maximum Gasteiger partial charge on any atom is 0.0107 e. The fraction of sp³-hybridized carbons (Fsp3) is 1.00. The second-order valence-corrected chi connectivity index (χ2v) is 9.61. The fourth-order valence-electron chi connectivity index (χ4n) is 6.52. The number of nitrogens with zero attached hydrogens (tertiary/aromatic N) is 2. The largest absolute Gasteiger partial charge is 0.319 e. The zero-order valence-corrected chi connectivity index (χ0v) is 16.6. The van der Waals surface area contributed by atoms with Crippen molar-refractivity contribution in [3.8, 4) is 0 Å². The highest BCUT2D eigenvalue weighted by Crippen LogP contribution is 2.39. The predicted octanol–water partition coefficient (Wildman–Crippen LogP) is 2.02. The Kier molecular flexibility index (Phi) is 6.01. The van der Waals surface area contributed by atoms with Crippen molar-refractivity contribution in [3.63, 3.8) is 0 Å². The summed E-state index contributed by atoms with van der Waals surface area (Å²) >= 11 is 0. The SMILES string of the molecule is CNCC1CCC2CN(CCNCC3CC4CCC(C3)N4C)CC2C1. The Morgan fingerprint density at radius 2 is 1.60 bits per heavy atom. The summed E-state index contributed by atoms with van der Waals surface area (Å²) in [6, 6.07) is 1.77. The highest BCUT2D eigenvalue weighted by molar-refractivity contribution is 4.94. The number of likely N-dealkylation sites (tertiary alicyclic amines) is 1. The van der Waals surface area contributed by atoms with E-state index >= 15 is 0 Å². The Morgan fingerprint density at radius 1 is 0.840 bits per heavy atom. The van der Waals surface area contributed by atoms with Gasteiger partial charge in [-0.1, -0.05) is 0 Å². The van der Waals surface area contributed by atoms with Crippen LogP contribution in [-0.4, -0.2) is 75.2 Å². The molecule has 0 aromatic heterocycles. The van der Waals surface area contributed by atoms with E-state index in [0.29, 0.717) is 0 Å². The number of fused-ring (bicyclic) bond motifs is 3. The van der Waals surface area contributed by atoms with E-state index in [-0.39, 0.29) is 0 Å². The van der Waals surface area contributed by atoms with Gasteiger partial charge in [0.1, 0.15) is 0 Å². The van der Waals surface area contributed by atoms with Gasteiger partial charge in [-0.15, -0.1) is 0 Å². The molecule has 4 nitrogen and oxygen atoms in total. The molecule has 0 radical (unpaired) electrons. The second-order valence-electron chi connectivity index (χ2n) is 9.61. The van der Waals surface area contributed by atoms with Crippen LogP contribution >= 0.6 is 0 Å². The second kappa shape index (κ2) is 8.24. The van der Waals surface area contributed by atoms with Crippen molar-refractivity contribution >= 4 is 0 Å². The van der Waals surface area contributed by atoms with Crippen molar-refractivity contribution in [2.75, 3.05) is 53.4 Å². The third kappa shape index (κ3) is 4.23. The van der Waals surface area contributed by atoms with Crippen LogP contribution < -0.4 is 10.6 Å². The third-order valence-electron chi connectivity index (χ3n) is 7.96. The first-order valence-corrected chi connectivity index (χ1v) is 11.0. The van der Waals surface area contributed by atoms with Crippen LogP contribution in [0.5, 0.6) is 0 Å². The van der Waals surface area contributed by atoms with E-state index in [9.17, 15) is 0 Å². The van der Waals surface area contributed by atoms with Crippen LogP contribution in [-0.2, 0) is 0 Å². The molecule has 25 heavy (non-hydrogen) atoms. The zero-order valence-electron chi connectivity index (χ0n) is 16.6. The molecule has 144 valence electrons. The summed E-state index contributed by atoms with van der Waals surface area (Å²) in [6.45, 7) is 7.68. The molecule has 4 aliphatic rings. The summed E-state index contributed by atoms with van der Waals surface area (Å²) in [4.78, 5) is 5.41. The highest BCUT2D eigenvalue weighted by atomic mass is 15.2. The minimum atomic E-state index is 0.887. The number of hydrogen-bond acceptors (Lipinski definition) is 4. The van der Waals surface area contributed by atoms with Crippen LogP contribution in [0.25, 0.3) is 0 Å². The number of hydrogen-bond donors (Lipinski definition) is 2. The molecule has 3 aliphatic heterocycles. The van der Waals surface area contributed by atoms with E-state index in [2.05, 4.69) is 34.5 Å². The van der Waals surface area contributed by atoms with E-state index in [1.54, 1.807) is 0 Å². The van der Waals surface area contributed by atoms with E-state index in [4.69, 9.17) is 0 Å². The molecule has 0 aromatic rings. The molecule has 5 atom stereocenters. The lowest BCUT2D eigenvalue weighted by Crippen LogP contribution is -2.43. The maximum atomic E-state index is 3.81. The molecular formula is C21H40N4. The standard InChI is InChI=1S/C21H40N4/c1-22-12-16-3-4-18-14-25(15-19(18)9-16)8-7-23-13-17-10-20-5-6-21(11-17)24(20)2/h16-23H,3-15H2,1-2H3. The van der Waals surface area contributed by atoms with Gasteiger partial charge in [-0.3, -0.25) is 0 Å². The lowest BCUT2D eigenvalue weighted by molar-refractivity contribution is 0.132. The molecule has 2 bridgehead atoms. The molecule has 0 amide bonds. The predicted molar refractivity (Wildman–Crippen MR) is 105 cm³/mol. The molecule has 0 spiro atoms. The fourth-order valence-corrected chi connectivity index (χ4v) is 6.52. The first-order valence-electron chi connectivity index (χ1n) is 11.0. The van der Waals surface area contributed by atoms with Crippen molar-refractivity contribution in [1.82, 2.24) is 20.4 Å². The van der Waals surface area contributed by atoms with Crippen LogP contribution in [0.4, 0.5) is 0 Å². The quantitative estimate of drug-likeness (QED) is 0.689. The monoisotopic (exact) mass is 348 g/mol. The maximum absolute atomic E-state index is 3.81. The zero-order chi connectivity index (χ0) is 17.2. The van der Waals surface area contributed by atoms with E-state index < -0.39 is 0 Å². The van der Waals surface area contributed by atoms with Crippen molar-refractivity contribution < 1.29 is 0 Å². The smallest absolute Gasteiger partial charge is 0.0107 e. The summed E-state index contributed by atoms with van der Waals surface area (Å²) in [6.07, 6.45) is 10.1. The van der Waals surface area contributed by atoms with Gasteiger partial charge in [-0.25, -0.2) is 0 Å². The number of rotatable bonds is 7. The minimum absolute atomic E-state index is 0.887. The first-order chi connectivity index (χ1) is 12.2. The van der Waals surface area contributed by atoms with Gasteiger partial charge in [0.2, 0.25) is 0 Å². The Morgan fingerprint density at radius 3 is 2.36 bits per heavy atom. The Labute approximate surface area is 155 Å². The van der Waals surface area contributed by atoms with Crippen molar-refractivity contribution in [1.29, 1.82) is 0 Å². The topological polar surface area (TPSA) is 30.5 Å². The third-order valence-corrected chi connectivity index (χ3v) is 7.96.